The number of nitrogens with zero attached hydrogens (tertiary/aromatic N) is 1. The van der Waals surface area contributed by atoms with Gasteiger partial charge >= 0.3 is 0 Å². The smallest absolute Gasteiger partial charge is 0.245 e. The Balaban J connectivity index is 2.38. The van der Waals surface area contributed by atoms with Crippen LogP contribution < -0.4 is 14.8 Å². The zero-order chi connectivity index (χ0) is 18.3. The number of hydrogen-bond donors (Lipinski definition) is 1. The van der Waals surface area contributed by atoms with Crippen molar-refractivity contribution < 1.29 is 22.7 Å². The fourth-order valence-corrected chi connectivity index (χ4v) is 3.64. The summed E-state index contributed by atoms with van der Waals surface area (Å²) < 4.78 is 37.5. The van der Waals surface area contributed by atoms with Crippen molar-refractivity contribution in [2.24, 2.45) is 0 Å². The number of methoxy groups -OCH3 is 2. The monoisotopic (exact) mass is 364 g/mol. The van der Waals surface area contributed by atoms with E-state index in [4.69, 9.17) is 9.47 Å². The Morgan fingerprint density at radius 2 is 1.72 bits per heavy atom. The van der Waals surface area contributed by atoms with Gasteiger partial charge in [0, 0.05) is 12.6 Å². The highest BCUT2D eigenvalue weighted by Crippen LogP contribution is 2.30. The zero-order valence-corrected chi connectivity index (χ0v) is 14.8. The summed E-state index contributed by atoms with van der Waals surface area (Å²) in [6, 6.07) is 13.5. The number of nitrogens with one attached hydrogen (secondary N) is 1. The zero-order valence-electron chi connectivity index (χ0n) is 14.0. The molecule has 0 bridgehead atoms. The molecular weight excluding hydrogens is 344 g/mol. The van der Waals surface area contributed by atoms with Crippen molar-refractivity contribution in [2.75, 3.05) is 20.9 Å². The third-order valence-corrected chi connectivity index (χ3v) is 5.33. The summed E-state index contributed by atoms with van der Waals surface area (Å²) in [5.41, 5.74) is 0.805. The molecule has 0 spiro atoms. The van der Waals surface area contributed by atoms with Gasteiger partial charge < -0.3 is 14.8 Å². The van der Waals surface area contributed by atoms with Crippen molar-refractivity contribution in [3.05, 3.63) is 54.1 Å². The Kier molecular flexibility index (Phi) is 6.37. The van der Waals surface area contributed by atoms with Crippen LogP contribution in [0.4, 0.5) is 0 Å². The first-order valence-electron chi connectivity index (χ1n) is 7.46. The normalized spacial score (nSPS) is 11.2. The maximum Gasteiger partial charge on any atom is 0.245 e. The van der Waals surface area contributed by atoms with Gasteiger partial charge in [-0.3, -0.25) is 4.79 Å². The number of amides is 1. The fourth-order valence-electron chi connectivity index (χ4n) is 2.28. The van der Waals surface area contributed by atoms with E-state index in [0.29, 0.717) is 17.9 Å². The van der Waals surface area contributed by atoms with Crippen molar-refractivity contribution in [3.63, 3.8) is 0 Å². The van der Waals surface area contributed by atoms with Gasteiger partial charge in [-0.15, -0.1) is 0 Å². The molecule has 0 radical (unpaired) electrons. The predicted molar refractivity (Wildman–Crippen MR) is 92.8 cm³/mol. The molecule has 1 N–H and O–H groups in total. The standard InChI is InChI=1S/C17H20N2O5S/c1-23-16-9-8-15(10-17(16)24-2)25(21,22)19(12-18-13-20)11-14-6-4-3-5-7-14/h3-10,13H,11-12H2,1-2H3,(H,18,20). The maximum absolute atomic E-state index is 13.0. The molecule has 0 unspecified atom stereocenters. The first-order valence-corrected chi connectivity index (χ1v) is 8.90. The van der Waals surface area contributed by atoms with Gasteiger partial charge in [0.05, 0.1) is 25.8 Å². The predicted octanol–water partition coefficient (Wildman–Crippen LogP) is 1.60. The Hall–Kier alpha value is -2.58. The minimum atomic E-state index is -3.85. The molecule has 0 atom stereocenters. The van der Waals surface area contributed by atoms with Crippen molar-refractivity contribution in [2.45, 2.75) is 11.4 Å². The molecule has 0 aliphatic carbocycles. The summed E-state index contributed by atoms with van der Waals surface area (Å²) in [6.45, 7) is -0.0204. The molecule has 7 nitrogen and oxygen atoms in total. The lowest BCUT2D eigenvalue weighted by Gasteiger charge is -2.22. The van der Waals surface area contributed by atoms with E-state index in [1.807, 2.05) is 30.3 Å². The van der Waals surface area contributed by atoms with E-state index in [-0.39, 0.29) is 18.1 Å². The van der Waals surface area contributed by atoms with Crippen LogP contribution in [-0.4, -0.2) is 40.0 Å². The van der Waals surface area contributed by atoms with E-state index in [0.717, 1.165) is 5.56 Å². The summed E-state index contributed by atoms with van der Waals surface area (Å²) in [4.78, 5) is 10.7. The second-order valence-corrected chi connectivity index (χ2v) is 7.04. The Morgan fingerprint density at radius 1 is 1.04 bits per heavy atom. The van der Waals surface area contributed by atoms with Gasteiger partial charge in [-0.2, -0.15) is 4.31 Å². The van der Waals surface area contributed by atoms with Gasteiger partial charge in [0.15, 0.2) is 11.5 Å². The van der Waals surface area contributed by atoms with Gasteiger partial charge in [-0.1, -0.05) is 30.3 Å². The molecule has 0 aromatic heterocycles. The van der Waals surface area contributed by atoms with Crippen LogP contribution in [0.15, 0.2) is 53.4 Å². The molecule has 0 saturated heterocycles. The molecule has 25 heavy (non-hydrogen) atoms. The molecule has 0 aliphatic heterocycles. The van der Waals surface area contributed by atoms with Gasteiger partial charge in [-0.05, 0) is 17.7 Å². The molecule has 0 fully saturated rings. The number of benzene rings is 2. The van der Waals surface area contributed by atoms with E-state index < -0.39 is 10.0 Å². The number of carbonyl (C=O) groups is 1. The van der Waals surface area contributed by atoms with Gasteiger partial charge in [0.1, 0.15) is 0 Å². The van der Waals surface area contributed by atoms with Gasteiger partial charge in [0.2, 0.25) is 16.4 Å². The van der Waals surface area contributed by atoms with E-state index in [1.54, 1.807) is 0 Å². The maximum atomic E-state index is 13.0. The highest BCUT2D eigenvalue weighted by Gasteiger charge is 2.25. The quantitative estimate of drug-likeness (QED) is 0.540. The van der Waals surface area contributed by atoms with Crippen LogP contribution >= 0.6 is 0 Å². The second kappa shape index (κ2) is 8.50. The van der Waals surface area contributed by atoms with Crippen LogP contribution in [0.2, 0.25) is 0 Å². The van der Waals surface area contributed by atoms with Crippen molar-refractivity contribution in [1.82, 2.24) is 9.62 Å². The topological polar surface area (TPSA) is 84.9 Å². The first-order chi connectivity index (χ1) is 12.0. The van der Waals surface area contributed by atoms with Crippen LogP contribution in [0.5, 0.6) is 11.5 Å². The molecule has 8 heteroatoms. The second-order valence-electron chi connectivity index (χ2n) is 5.10. The van der Waals surface area contributed by atoms with Gasteiger partial charge in [0.25, 0.3) is 0 Å². The SMILES string of the molecule is COc1ccc(S(=O)(=O)N(CNC=O)Cc2ccccc2)cc1OC. The average Bonchev–Trinajstić information content (AvgIpc) is 2.65. The summed E-state index contributed by atoms with van der Waals surface area (Å²) in [6.07, 6.45) is 0.460. The molecule has 0 aliphatic rings. The van der Waals surface area contributed by atoms with Crippen LogP contribution in [0.1, 0.15) is 5.56 Å². The van der Waals surface area contributed by atoms with Crippen LogP contribution in [0, 0.1) is 0 Å². The van der Waals surface area contributed by atoms with E-state index in [2.05, 4.69) is 5.32 Å². The molecule has 2 aromatic carbocycles. The van der Waals surface area contributed by atoms with Crippen LogP contribution in [0.25, 0.3) is 0 Å². The van der Waals surface area contributed by atoms with Crippen molar-refractivity contribution in [3.8, 4) is 11.5 Å². The lowest BCUT2D eigenvalue weighted by atomic mass is 10.2. The molecule has 134 valence electrons. The minimum Gasteiger partial charge on any atom is -0.493 e. The summed E-state index contributed by atoms with van der Waals surface area (Å²) >= 11 is 0. The third-order valence-electron chi connectivity index (χ3n) is 3.55. The summed E-state index contributed by atoms with van der Waals surface area (Å²) in [7, 11) is -0.944. The van der Waals surface area contributed by atoms with Crippen LogP contribution in [0.3, 0.4) is 0 Å². The number of rotatable bonds is 9. The van der Waals surface area contributed by atoms with Crippen LogP contribution in [-0.2, 0) is 21.4 Å². The first kappa shape index (κ1) is 18.8. The number of ether oxygens (including phenoxy) is 2. The molecule has 2 aromatic rings. The molecule has 2 rings (SSSR count). The average molecular weight is 364 g/mol. The van der Waals surface area contributed by atoms with Gasteiger partial charge in [-0.25, -0.2) is 8.42 Å². The van der Waals surface area contributed by atoms with E-state index in [9.17, 15) is 13.2 Å². The Morgan fingerprint density at radius 3 is 2.32 bits per heavy atom. The number of hydrogen-bond acceptors (Lipinski definition) is 5. The molecular formula is C17H20N2O5S. The van der Waals surface area contributed by atoms with E-state index >= 15 is 0 Å². The minimum absolute atomic E-state index is 0.0498. The fraction of sp³-hybridized carbons (Fsp3) is 0.235. The molecule has 1 amide bonds. The summed E-state index contributed by atoms with van der Waals surface area (Å²) in [5, 5.41) is 2.41. The van der Waals surface area contributed by atoms with Crippen molar-refractivity contribution in [1.29, 1.82) is 0 Å². The molecule has 0 saturated carbocycles. The Labute approximate surface area is 147 Å². The number of sulfonamides is 1. The number of carbonyl (C=O) groups excluding carboxylic acids is 1. The highest BCUT2D eigenvalue weighted by molar-refractivity contribution is 7.89. The Bertz CT molecular complexity index is 809. The van der Waals surface area contributed by atoms with Crippen molar-refractivity contribution >= 4 is 16.4 Å². The van der Waals surface area contributed by atoms with E-state index in [1.165, 1.54) is 36.7 Å². The summed E-state index contributed by atoms with van der Waals surface area (Å²) in [5.74, 6) is 0.744. The lowest BCUT2D eigenvalue weighted by molar-refractivity contribution is -0.109. The highest BCUT2D eigenvalue weighted by atomic mass is 32.2. The largest absolute Gasteiger partial charge is 0.493 e. The lowest BCUT2D eigenvalue weighted by Crippen LogP contribution is -2.38. The third kappa shape index (κ3) is 4.49. The molecule has 0 heterocycles.